The molecule has 0 amide bonds. The molecular weight excluding hydrogens is 799 g/mol. The Morgan fingerprint density at radius 3 is 0.970 bits per heavy atom. The number of aryl methyl sites for hydroxylation is 4. The van der Waals surface area contributed by atoms with E-state index in [1.54, 1.807) is 0 Å². The van der Waals surface area contributed by atoms with Gasteiger partial charge in [-0.1, -0.05) is 127 Å². The molecule has 1 aliphatic heterocycles. The Morgan fingerprint density at radius 1 is 0.303 bits per heavy atom. The van der Waals surface area contributed by atoms with E-state index in [4.69, 9.17) is 0 Å². The highest BCUT2D eigenvalue weighted by Crippen LogP contribution is 2.58. The van der Waals surface area contributed by atoms with Crippen molar-refractivity contribution in [2.24, 2.45) is 0 Å². The minimum absolute atomic E-state index is 0.678. The van der Waals surface area contributed by atoms with E-state index in [-0.39, 0.29) is 0 Å². The van der Waals surface area contributed by atoms with Crippen LogP contribution >= 0.6 is 0 Å². The Labute approximate surface area is 391 Å². The summed E-state index contributed by atoms with van der Waals surface area (Å²) in [7, 11) is 0. The van der Waals surface area contributed by atoms with Gasteiger partial charge in [0.2, 0.25) is 0 Å². The van der Waals surface area contributed by atoms with E-state index in [1.165, 1.54) is 89.5 Å². The number of hydrogen-bond acceptors (Lipinski definition) is 3. The Kier molecular flexibility index (Phi) is 10.9. The molecule has 1 heterocycles. The fourth-order valence-corrected chi connectivity index (χ4v) is 10.3. The number of anilines is 9. The zero-order valence-electron chi connectivity index (χ0n) is 39.4. The molecule has 66 heavy (non-hydrogen) atoms. The van der Waals surface area contributed by atoms with Crippen LogP contribution in [-0.4, -0.2) is 0 Å². The summed E-state index contributed by atoms with van der Waals surface area (Å²) >= 11 is 0. The van der Waals surface area contributed by atoms with Crippen molar-refractivity contribution in [1.82, 2.24) is 0 Å². The van der Waals surface area contributed by atoms with Gasteiger partial charge in [-0.2, -0.15) is 0 Å². The van der Waals surface area contributed by atoms with Crippen LogP contribution in [0.25, 0.3) is 0 Å². The van der Waals surface area contributed by atoms with E-state index in [1.807, 2.05) is 0 Å². The van der Waals surface area contributed by atoms with Gasteiger partial charge in [0.25, 0.3) is 0 Å². The second kappa shape index (κ2) is 17.1. The number of hydrogen-bond donors (Lipinski definition) is 0. The van der Waals surface area contributed by atoms with Gasteiger partial charge in [-0.05, 0) is 195 Å². The minimum atomic E-state index is -0.678. The summed E-state index contributed by atoms with van der Waals surface area (Å²) in [6, 6.07) is 74.3. The van der Waals surface area contributed by atoms with Gasteiger partial charge in [-0.3, -0.25) is 0 Å². The van der Waals surface area contributed by atoms with Gasteiger partial charge >= 0.3 is 0 Å². The van der Waals surface area contributed by atoms with Crippen molar-refractivity contribution >= 4 is 51.2 Å². The molecule has 0 radical (unpaired) electrons. The van der Waals surface area contributed by atoms with E-state index < -0.39 is 5.41 Å². The van der Waals surface area contributed by atoms with Crippen LogP contribution in [0.1, 0.15) is 66.8 Å². The van der Waals surface area contributed by atoms with Gasteiger partial charge in [0.15, 0.2) is 0 Å². The third kappa shape index (κ3) is 6.89. The van der Waals surface area contributed by atoms with E-state index in [9.17, 15) is 0 Å². The van der Waals surface area contributed by atoms with Gasteiger partial charge < -0.3 is 14.7 Å². The Bertz CT molecular complexity index is 2930. The van der Waals surface area contributed by atoms with Gasteiger partial charge in [0.1, 0.15) is 0 Å². The molecular formula is C63H57N3. The molecule has 0 spiro atoms. The molecule has 0 aromatic heterocycles. The second-order valence-electron chi connectivity index (χ2n) is 18.1. The first-order valence-corrected chi connectivity index (χ1v) is 23.2. The van der Waals surface area contributed by atoms with Gasteiger partial charge in [0.05, 0.1) is 16.8 Å². The van der Waals surface area contributed by atoms with Gasteiger partial charge in [-0.15, -0.1) is 0 Å². The molecule has 1 aliphatic rings. The SMILES string of the molecule is Cc1cccc(N(c2ccc(C3(c4ccc(N(c5cccc(C)c5C)c5cccc(C)c5C)cc4)c4ccccc4N(c4ccccc4)c4ccccc43)cc2)c2cccc(C)c2C)c1C. The molecule has 0 bridgehead atoms. The lowest BCUT2D eigenvalue weighted by atomic mass is 9.62. The molecule has 3 heteroatoms. The molecule has 0 atom stereocenters. The highest BCUT2D eigenvalue weighted by Gasteiger charge is 2.46. The van der Waals surface area contributed by atoms with Crippen molar-refractivity contribution in [2.75, 3.05) is 14.7 Å². The maximum absolute atomic E-state index is 2.45. The molecule has 0 saturated heterocycles. The highest BCUT2D eigenvalue weighted by molar-refractivity contribution is 5.90. The molecule has 10 rings (SSSR count). The van der Waals surface area contributed by atoms with Gasteiger partial charge in [-0.25, -0.2) is 0 Å². The zero-order chi connectivity index (χ0) is 45.7. The molecule has 0 saturated carbocycles. The first kappa shape index (κ1) is 42.3. The molecule has 0 fully saturated rings. The maximum Gasteiger partial charge on any atom is 0.0742 e. The molecule has 324 valence electrons. The van der Waals surface area contributed by atoms with Crippen molar-refractivity contribution in [3.8, 4) is 0 Å². The molecule has 9 aromatic carbocycles. The highest BCUT2D eigenvalue weighted by atomic mass is 15.2. The largest absolute Gasteiger partial charge is 0.310 e. The van der Waals surface area contributed by atoms with E-state index in [2.05, 4.69) is 270 Å². The lowest BCUT2D eigenvalue weighted by Crippen LogP contribution is -2.37. The van der Waals surface area contributed by atoms with Crippen LogP contribution in [0.5, 0.6) is 0 Å². The Morgan fingerprint density at radius 2 is 0.621 bits per heavy atom. The predicted octanol–water partition coefficient (Wildman–Crippen LogP) is 17.3. The molecule has 0 aliphatic carbocycles. The van der Waals surface area contributed by atoms with Crippen LogP contribution in [0.3, 0.4) is 0 Å². The average molecular weight is 856 g/mol. The third-order valence-electron chi connectivity index (χ3n) is 14.5. The molecule has 3 nitrogen and oxygen atoms in total. The standard InChI is InChI=1S/C63H57N3/c1-42-20-16-30-57(46(42)5)64(58-31-17-21-43(2)47(58)6)53-38-34-50(35-39-53)63(55-26-12-14-28-61(55)66(52-24-10-9-11-25-52)62-29-15-13-27-56(62)63)51-36-40-54(41-37-51)65(59-32-18-22-44(3)48(59)7)60-33-19-23-45(4)49(60)8/h9-41H,1-8H3. The number of benzene rings is 9. The normalized spacial score (nSPS) is 12.6. The van der Waals surface area contributed by atoms with E-state index in [0.717, 1.165) is 28.4 Å². The first-order valence-electron chi connectivity index (χ1n) is 23.2. The summed E-state index contributed by atoms with van der Waals surface area (Å²) in [5.41, 5.74) is 24.8. The van der Waals surface area contributed by atoms with Crippen LogP contribution in [0.2, 0.25) is 0 Å². The number of fused-ring (bicyclic) bond motifs is 2. The van der Waals surface area contributed by atoms with E-state index in [0.29, 0.717) is 0 Å². The Balaban J connectivity index is 1.22. The monoisotopic (exact) mass is 855 g/mol. The smallest absolute Gasteiger partial charge is 0.0742 e. The first-order chi connectivity index (χ1) is 32.1. The van der Waals surface area contributed by atoms with Crippen molar-refractivity contribution in [2.45, 2.75) is 60.8 Å². The second-order valence-corrected chi connectivity index (χ2v) is 18.1. The van der Waals surface area contributed by atoms with Crippen molar-refractivity contribution < 1.29 is 0 Å². The Hall–Kier alpha value is -7.62. The van der Waals surface area contributed by atoms with Gasteiger partial charge in [0, 0.05) is 39.8 Å². The summed E-state index contributed by atoms with van der Waals surface area (Å²) in [6.07, 6.45) is 0. The zero-order valence-corrected chi connectivity index (χ0v) is 39.4. The molecule has 0 N–H and O–H groups in total. The summed E-state index contributed by atoms with van der Waals surface area (Å²) in [4.78, 5) is 7.34. The number of para-hydroxylation sites is 3. The molecule has 9 aromatic rings. The van der Waals surface area contributed by atoms with E-state index >= 15 is 0 Å². The van der Waals surface area contributed by atoms with Crippen LogP contribution in [0.4, 0.5) is 51.2 Å². The number of nitrogens with zero attached hydrogens (tertiary/aromatic N) is 3. The quantitative estimate of drug-likeness (QED) is 0.143. The summed E-state index contributed by atoms with van der Waals surface area (Å²) in [5.74, 6) is 0. The summed E-state index contributed by atoms with van der Waals surface area (Å²) < 4.78 is 0. The van der Waals surface area contributed by atoms with Crippen LogP contribution in [0.15, 0.2) is 200 Å². The van der Waals surface area contributed by atoms with Crippen molar-refractivity contribution in [3.63, 3.8) is 0 Å². The number of rotatable bonds is 9. The van der Waals surface area contributed by atoms with Crippen LogP contribution < -0.4 is 14.7 Å². The van der Waals surface area contributed by atoms with Crippen molar-refractivity contribution in [1.29, 1.82) is 0 Å². The third-order valence-corrected chi connectivity index (χ3v) is 14.5. The predicted molar refractivity (Wildman–Crippen MR) is 280 cm³/mol. The maximum atomic E-state index is 2.45. The molecule has 0 unspecified atom stereocenters. The van der Waals surface area contributed by atoms with Crippen LogP contribution in [0, 0.1) is 55.4 Å². The minimum Gasteiger partial charge on any atom is -0.310 e. The lowest BCUT2D eigenvalue weighted by Gasteiger charge is -2.46. The van der Waals surface area contributed by atoms with Crippen molar-refractivity contribution in [3.05, 3.63) is 267 Å². The topological polar surface area (TPSA) is 9.72 Å². The fourth-order valence-electron chi connectivity index (χ4n) is 10.3. The summed E-state index contributed by atoms with van der Waals surface area (Å²) in [5, 5.41) is 0. The fraction of sp³-hybridized carbons (Fsp3) is 0.143. The van der Waals surface area contributed by atoms with Crippen LogP contribution in [-0.2, 0) is 5.41 Å². The average Bonchev–Trinajstić information content (AvgIpc) is 3.34. The lowest BCUT2D eigenvalue weighted by molar-refractivity contribution is 0.731. The summed E-state index contributed by atoms with van der Waals surface area (Å²) in [6.45, 7) is 17.8.